The summed E-state index contributed by atoms with van der Waals surface area (Å²) in [5.74, 6) is 0.217. The molecule has 4 nitrogen and oxygen atoms in total. The van der Waals surface area contributed by atoms with E-state index in [1.54, 1.807) is 17.5 Å². The van der Waals surface area contributed by atoms with Gasteiger partial charge in [0.15, 0.2) is 0 Å². The topological polar surface area (TPSA) is 54.9 Å². The molecule has 0 saturated carbocycles. The lowest BCUT2D eigenvalue weighted by molar-refractivity contribution is -0.125. The van der Waals surface area contributed by atoms with Gasteiger partial charge in [-0.25, -0.2) is 4.98 Å². The fourth-order valence-electron chi connectivity index (χ4n) is 3.32. The maximum Gasteiger partial charge on any atom is 0.223 e. The van der Waals surface area contributed by atoms with Crippen LogP contribution >= 0.6 is 11.3 Å². The Hall–Kier alpha value is -2.53. The summed E-state index contributed by atoms with van der Waals surface area (Å²) in [6, 6.07) is 16.1. The zero-order valence-corrected chi connectivity index (χ0v) is 15.3. The Kier molecular flexibility index (Phi) is 5.07. The van der Waals surface area contributed by atoms with Gasteiger partial charge < -0.3 is 5.32 Å². The average Bonchev–Trinajstić information content (AvgIpc) is 3.13. The van der Waals surface area contributed by atoms with Gasteiger partial charge in [0.25, 0.3) is 0 Å². The number of fused-ring (bicyclic) bond motifs is 1. The molecule has 26 heavy (non-hydrogen) atoms. The normalized spacial score (nSPS) is 16.1. The van der Waals surface area contributed by atoms with Crippen molar-refractivity contribution in [1.29, 1.82) is 0 Å². The number of carbonyl (C=O) groups excluding carboxylic acids is 1. The molecule has 1 unspecified atom stereocenters. The fraction of sp³-hybridized carbons (Fsp3) is 0.286. The van der Waals surface area contributed by atoms with E-state index in [1.807, 2.05) is 36.4 Å². The molecule has 1 atom stereocenters. The number of aryl methyl sites for hydroxylation is 1. The molecule has 1 aromatic carbocycles. The molecule has 132 valence electrons. The van der Waals surface area contributed by atoms with Gasteiger partial charge in [0, 0.05) is 23.5 Å². The SMILES string of the molecule is O=C(NCCc1ccccc1)C1CCc2nc(-c3ccccn3)sc2C1. The summed E-state index contributed by atoms with van der Waals surface area (Å²) in [6.07, 6.45) is 5.19. The van der Waals surface area contributed by atoms with Crippen molar-refractivity contribution in [3.05, 3.63) is 70.9 Å². The molecular formula is C21H21N3OS. The molecule has 0 spiro atoms. The number of hydrogen-bond acceptors (Lipinski definition) is 4. The number of nitrogens with one attached hydrogen (secondary N) is 1. The van der Waals surface area contributed by atoms with E-state index >= 15 is 0 Å². The largest absolute Gasteiger partial charge is 0.356 e. The molecule has 2 heterocycles. The number of nitrogens with zero attached hydrogens (tertiary/aromatic N) is 2. The van der Waals surface area contributed by atoms with Crippen LogP contribution in [0.25, 0.3) is 10.7 Å². The molecule has 4 rings (SSSR count). The predicted molar refractivity (Wildman–Crippen MR) is 104 cm³/mol. The van der Waals surface area contributed by atoms with Crippen LogP contribution in [0.1, 0.15) is 22.6 Å². The first-order chi connectivity index (χ1) is 12.8. The summed E-state index contributed by atoms with van der Waals surface area (Å²) in [5, 5.41) is 4.06. The molecule has 0 aliphatic heterocycles. The summed E-state index contributed by atoms with van der Waals surface area (Å²) < 4.78 is 0. The molecule has 0 bridgehead atoms. The molecule has 1 N–H and O–H groups in total. The lowest BCUT2D eigenvalue weighted by atomic mass is 9.90. The highest BCUT2D eigenvalue weighted by Gasteiger charge is 2.27. The Bertz CT molecular complexity index is 877. The van der Waals surface area contributed by atoms with Gasteiger partial charge in [-0.2, -0.15) is 0 Å². The van der Waals surface area contributed by atoms with Crippen molar-refractivity contribution in [3.63, 3.8) is 0 Å². The Morgan fingerprint density at radius 2 is 2.00 bits per heavy atom. The summed E-state index contributed by atoms with van der Waals surface area (Å²) in [5.41, 5.74) is 3.31. The molecule has 1 aliphatic rings. The average molecular weight is 363 g/mol. The molecule has 3 aromatic rings. The maximum atomic E-state index is 12.5. The summed E-state index contributed by atoms with van der Waals surface area (Å²) in [6.45, 7) is 0.689. The van der Waals surface area contributed by atoms with Crippen LogP contribution in [-0.2, 0) is 24.1 Å². The molecule has 0 fully saturated rings. The van der Waals surface area contributed by atoms with Gasteiger partial charge >= 0.3 is 0 Å². The maximum absolute atomic E-state index is 12.5. The van der Waals surface area contributed by atoms with Crippen LogP contribution in [0.4, 0.5) is 0 Å². The third kappa shape index (κ3) is 3.83. The first kappa shape index (κ1) is 16.9. The van der Waals surface area contributed by atoms with E-state index in [2.05, 4.69) is 22.4 Å². The van der Waals surface area contributed by atoms with E-state index in [0.717, 1.165) is 42.1 Å². The Morgan fingerprint density at radius 3 is 2.81 bits per heavy atom. The van der Waals surface area contributed by atoms with Gasteiger partial charge in [0.1, 0.15) is 5.01 Å². The Morgan fingerprint density at radius 1 is 1.15 bits per heavy atom. The van der Waals surface area contributed by atoms with Crippen molar-refractivity contribution in [2.75, 3.05) is 6.54 Å². The summed E-state index contributed by atoms with van der Waals surface area (Å²) in [4.78, 5) is 22.9. The fourth-order valence-corrected chi connectivity index (χ4v) is 4.48. The zero-order chi connectivity index (χ0) is 17.8. The Balaban J connectivity index is 1.36. The van der Waals surface area contributed by atoms with Gasteiger partial charge in [-0.3, -0.25) is 9.78 Å². The van der Waals surface area contributed by atoms with E-state index in [4.69, 9.17) is 4.98 Å². The second kappa shape index (κ2) is 7.79. The van der Waals surface area contributed by atoms with Crippen LogP contribution in [0.2, 0.25) is 0 Å². The predicted octanol–water partition coefficient (Wildman–Crippen LogP) is 3.67. The van der Waals surface area contributed by atoms with E-state index in [9.17, 15) is 4.79 Å². The molecular weight excluding hydrogens is 342 g/mol. The van der Waals surface area contributed by atoms with Gasteiger partial charge in [0.05, 0.1) is 11.4 Å². The number of amides is 1. The van der Waals surface area contributed by atoms with E-state index in [0.29, 0.717) is 6.54 Å². The number of pyridine rings is 1. The van der Waals surface area contributed by atoms with Crippen LogP contribution in [-0.4, -0.2) is 22.4 Å². The first-order valence-electron chi connectivity index (χ1n) is 9.01. The standard InChI is InChI=1S/C21H21N3OS/c25-20(23-13-11-15-6-2-1-3-7-15)16-9-10-17-19(14-16)26-21(24-17)18-8-4-5-12-22-18/h1-8,12,16H,9-11,13-14H2,(H,23,25). The Labute approximate surface area is 157 Å². The lowest BCUT2D eigenvalue weighted by Gasteiger charge is -2.20. The second-order valence-electron chi connectivity index (χ2n) is 6.57. The number of hydrogen-bond donors (Lipinski definition) is 1. The second-order valence-corrected chi connectivity index (χ2v) is 7.65. The van der Waals surface area contributed by atoms with Crippen molar-refractivity contribution < 1.29 is 4.79 Å². The van der Waals surface area contributed by atoms with E-state index < -0.39 is 0 Å². The number of thiazole rings is 1. The van der Waals surface area contributed by atoms with Crippen LogP contribution in [0.5, 0.6) is 0 Å². The van der Waals surface area contributed by atoms with Gasteiger partial charge in [0.2, 0.25) is 5.91 Å². The monoisotopic (exact) mass is 363 g/mol. The van der Waals surface area contributed by atoms with E-state index in [-0.39, 0.29) is 11.8 Å². The van der Waals surface area contributed by atoms with Crippen LogP contribution in [0.15, 0.2) is 54.7 Å². The van der Waals surface area contributed by atoms with Crippen molar-refractivity contribution in [3.8, 4) is 10.7 Å². The van der Waals surface area contributed by atoms with Gasteiger partial charge in [-0.05, 0) is 43.4 Å². The third-order valence-corrected chi connectivity index (χ3v) is 5.89. The van der Waals surface area contributed by atoms with Crippen molar-refractivity contribution in [2.24, 2.45) is 5.92 Å². The molecule has 5 heteroatoms. The number of aromatic nitrogens is 2. The van der Waals surface area contributed by atoms with Crippen molar-refractivity contribution in [2.45, 2.75) is 25.7 Å². The third-order valence-electron chi connectivity index (χ3n) is 4.75. The van der Waals surface area contributed by atoms with Gasteiger partial charge in [-0.1, -0.05) is 36.4 Å². The zero-order valence-electron chi connectivity index (χ0n) is 14.5. The minimum atomic E-state index is 0.0512. The molecule has 1 aliphatic carbocycles. The van der Waals surface area contributed by atoms with Crippen LogP contribution in [0, 0.1) is 5.92 Å². The van der Waals surface area contributed by atoms with Crippen LogP contribution < -0.4 is 5.32 Å². The minimum absolute atomic E-state index is 0.0512. The highest BCUT2D eigenvalue weighted by atomic mass is 32.1. The highest BCUT2D eigenvalue weighted by Crippen LogP contribution is 2.33. The molecule has 0 radical (unpaired) electrons. The minimum Gasteiger partial charge on any atom is -0.356 e. The molecule has 0 saturated heterocycles. The summed E-state index contributed by atoms with van der Waals surface area (Å²) >= 11 is 1.68. The number of benzene rings is 1. The smallest absolute Gasteiger partial charge is 0.223 e. The van der Waals surface area contributed by atoms with Crippen molar-refractivity contribution >= 4 is 17.2 Å². The molecule has 2 aromatic heterocycles. The number of rotatable bonds is 5. The highest BCUT2D eigenvalue weighted by molar-refractivity contribution is 7.15. The number of carbonyl (C=O) groups is 1. The molecule has 1 amide bonds. The lowest BCUT2D eigenvalue weighted by Crippen LogP contribution is -2.35. The van der Waals surface area contributed by atoms with E-state index in [1.165, 1.54) is 10.4 Å². The van der Waals surface area contributed by atoms with Crippen LogP contribution in [0.3, 0.4) is 0 Å². The first-order valence-corrected chi connectivity index (χ1v) is 9.83. The quantitative estimate of drug-likeness (QED) is 0.752. The summed E-state index contributed by atoms with van der Waals surface area (Å²) in [7, 11) is 0. The van der Waals surface area contributed by atoms with Crippen molar-refractivity contribution in [1.82, 2.24) is 15.3 Å². The van der Waals surface area contributed by atoms with Gasteiger partial charge in [-0.15, -0.1) is 11.3 Å².